The Morgan fingerprint density at radius 2 is 2.05 bits per heavy atom. The van der Waals surface area contributed by atoms with Gasteiger partial charge in [0.1, 0.15) is 23.9 Å². The Morgan fingerprint density at radius 3 is 2.77 bits per heavy atom. The van der Waals surface area contributed by atoms with Gasteiger partial charge >= 0.3 is 0 Å². The van der Waals surface area contributed by atoms with Crippen LogP contribution in [0.15, 0.2) is 42.5 Å². The Balaban J connectivity index is 1.79. The average Bonchev–Trinajstić information content (AvgIpc) is 2.55. The minimum Gasteiger partial charge on any atom is -0.497 e. The molecule has 4 nitrogen and oxygen atoms in total. The van der Waals surface area contributed by atoms with Crippen molar-refractivity contribution in [1.29, 1.82) is 0 Å². The van der Waals surface area contributed by atoms with E-state index in [9.17, 15) is 9.18 Å². The zero-order valence-electron chi connectivity index (χ0n) is 12.2. The molecule has 0 saturated carbocycles. The third-order valence-electron chi connectivity index (χ3n) is 3.60. The van der Waals surface area contributed by atoms with Gasteiger partial charge < -0.3 is 14.4 Å². The Labute approximate surface area is 128 Å². The number of benzene rings is 2. The minimum atomic E-state index is -0.383. The van der Waals surface area contributed by atoms with E-state index in [0.29, 0.717) is 24.6 Å². The normalized spacial score (nSPS) is 13.3. The Kier molecular flexibility index (Phi) is 3.96. The Bertz CT molecular complexity index is 685. The quantitative estimate of drug-likeness (QED) is 0.875. The predicted molar refractivity (Wildman–Crippen MR) is 80.9 cm³/mol. The van der Waals surface area contributed by atoms with Crippen molar-refractivity contribution in [1.82, 2.24) is 0 Å². The molecule has 5 heteroatoms. The first-order valence-corrected chi connectivity index (χ1v) is 7.03. The predicted octanol–water partition coefficient (Wildman–Crippen LogP) is 2.80. The van der Waals surface area contributed by atoms with Gasteiger partial charge in [0.05, 0.1) is 25.8 Å². The number of carbonyl (C=O) groups is 1. The molecular weight excluding hydrogens is 285 g/mol. The lowest BCUT2D eigenvalue weighted by Gasteiger charge is -2.29. The molecule has 22 heavy (non-hydrogen) atoms. The molecule has 114 valence electrons. The first kappa shape index (κ1) is 14.4. The molecule has 0 bridgehead atoms. The molecule has 1 aliphatic heterocycles. The summed E-state index contributed by atoms with van der Waals surface area (Å²) in [5.41, 5.74) is 1.38. The summed E-state index contributed by atoms with van der Waals surface area (Å²) in [6.45, 7) is 0.832. The second kappa shape index (κ2) is 6.05. The summed E-state index contributed by atoms with van der Waals surface area (Å²) in [5.74, 6) is 0.817. The zero-order valence-corrected chi connectivity index (χ0v) is 12.2. The van der Waals surface area contributed by atoms with Crippen LogP contribution < -0.4 is 14.4 Å². The summed E-state index contributed by atoms with van der Waals surface area (Å²) < 4.78 is 24.0. The van der Waals surface area contributed by atoms with Crippen molar-refractivity contribution in [2.45, 2.75) is 6.42 Å². The molecule has 0 spiro atoms. The molecule has 0 unspecified atom stereocenters. The maximum Gasteiger partial charge on any atom is 0.231 e. The van der Waals surface area contributed by atoms with E-state index in [2.05, 4.69) is 0 Å². The van der Waals surface area contributed by atoms with Gasteiger partial charge in [0.25, 0.3) is 0 Å². The molecule has 1 amide bonds. The summed E-state index contributed by atoms with van der Waals surface area (Å²) in [5, 5.41) is 0. The van der Waals surface area contributed by atoms with Gasteiger partial charge in [-0.05, 0) is 29.8 Å². The van der Waals surface area contributed by atoms with Crippen LogP contribution in [0.25, 0.3) is 0 Å². The van der Waals surface area contributed by atoms with Crippen LogP contribution in [0.2, 0.25) is 0 Å². The highest BCUT2D eigenvalue weighted by Gasteiger charge is 2.24. The lowest BCUT2D eigenvalue weighted by Crippen LogP contribution is -2.38. The number of halogens is 1. The van der Waals surface area contributed by atoms with E-state index in [0.717, 1.165) is 11.3 Å². The van der Waals surface area contributed by atoms with Crippen LogP contribution >= 0.6 is 0 Å². The van der Waals surface area contributed by atoms with Crippen LogP contribution in [0.4, 0.5) is 10.1 Å². The van der Waals surface area contributed by atoms with E-state index < -0.39 is 0 Å². The number of fused-ring (bicyclic) bond motifs is 1. The number of carbonyl (C=O) groups excluding carboxylic acids is 1. The number of hydrogen-bond donors (Lipinski definition) is 0. The van der Waals surface area contributed by atoms with Crippen LogP contribution in [-0.4, -0.2) is 26.2 Å². The smallest absolute Gasteiger partial charge is 0.231 e. The molecule has 3 rings (SSSR count). The summed E-state index contributed by atoms with van der Waals surface area (Å²) in [6.07, 6.45) is 0.250. The van der Waals surface area contributed by atoms with E-state index in [1.54, 1.807) is 18.1 Å². The molecule has 0 N–H and O–H groups in total. The van der Waals surface area contributed by atoms with Crippen molar-refractivity contribution in [2.75, 3.05) is 25.2 Å². The second-order valence-corrected chi connectivity index (χ2v) is 5.03. The molecule has 2 aromatic rings. The number of rotatable bonds is 3. The van der Waals surface area contributed by atoms with Crippen molar-refractivity contribution in [3.63, 3.8) is 0 Å². The van der Waals surface area contributed by atoms with E-state index in [1.807, 2.05) is 24.3 Å². The molecule has 0 aromatic heterocycles. The number of nitrogens with zero attached hydrogens (tertiary/aromatic N) is 1. The highest BCUT2D eigenvalue weighted by molar-refractivity contribution is 5.96. The largest absolute Gasteiger partial charge is 0.497 e. The van der Waals surface area contributed by atoms with E-state index >= 15 is 0 Å². The van der Waals surface area contributed by atoms with Crippen molar-refractivity contribution in [2.24, 2.45) is 0 Å². The zero-order chi connectivity index (χ0) is 15.5. The molecule has 1 aliphatic rings. The average molecular weight is 301 g/mol. The minimum absolute atomic E-state index is 0.0830. The first-order valence-electron chi connectivity index (χ1n) is 7.03. The van der Waals surface area contributed by atoms with Crippen LogP contribution in [-0.2, 0) is 11.2 Å². The fraction of sp³-hybridized carbons (Fsp3) is 0.235. The Morgan fingerprint density at radius 1 is 1.27 bits per heavy atom. The van der Waals surface area contributed by atoms with E-state index in [1.165, 1.54) is 12.1 Å². The van der Waals surface area contributed by atoms with Gasteiger partial charge in [-0.3, -0.25) is 4.79 Å². The van der Waals surface area contributed by atoms with Crippen LogP contribution in [0.3, 0.4) is 0 Å². The third kappa shape index (κ3) is 2.88. The summed E-state index contributed by atoms with van der Waals surface area (Å²) >= 11 is 0. The molecule has 0 fully saturated rings. The fourth-order valence-corrected chi connectivity index (χ4v) is 2.46. The number of anilines is 1. The standard InChI is InChI=1S/C17H16FNO3/c1-21-14-5-2-12(3-6-14)10-17(20)19-8-9-22-16-7-4-13(18)11-15(16)19/h2-7,11H,8-10H2,1H3. The SMILES string of the molecule is COc1ccc(CC(=O)N2CCOc3ccc(F)cc32)cc1. The molecule has 1 heterocycles. The second-order valence-electron chi connectivity index (χ2n) is 5.03. The maximum atomic E-state index is 13.4. The number of hydrogen-bond acceptors (Lipinski definition) is 3. The van der Waals surface area contributed by atoms with Gasteiger partial charge in [-0.25, -0.2) is 4.39 Å². The highest BCUT2D eigenvalue weighted by Crippen LogP contribution is 2.32. The molecular formula is C17H16FNO3. The van der Waals surface area contributed by atoms with Gasteiger partial charge in [-0.1, -0.05) is 12.1 Å². The molecule has 0 atom stereocenters. The van der Waals surface area contributed by atoms with Crippen molar-refractivity contribution < 1.29 is 18.7 Å². The monoisotopic (exact) mass is 301 g/mol. The number of amides is 1. The summed E-state index contributed by atoms with van der Waals surface area (Å²) in [4.78, 5) is 14.1. The third-order valence-corrected chi connectivity index (χ3v) is 3.60. The van der Waals surface area contributed by atoms with Crippen LogP contribution in [0, 0.1) is 5.82 Å². The van der Waals surface area contributed by atoms with E-state index in [-0.39, 0.29) is 18.1 Å². The number of methoxy groups -OCH3 is 1. The summed E-state index contributed by atoms with van der Waals surface area (Å²) in [7, 11) is 1.60. The van der Waals surface area contributed by atoms with Gasteiger partial charge in [0.2, 0.25) is 5.91 Å². The first-order chi connectivity index (χ1) is 10.7. The van der Waals surface area contributed by atoms with E-state index in [4.69, 9.17) is 9.47 Å². The van der Waals surface area contributed by atoms with Crippen molar-refractivity contribution >= 4 is 11.6 Å². The van der Waals surface area contributed by atoms with Gasteiger partial charge in [-0.2, -0.15) is 0 Å². The van der Waals surface area contributed by atoms with Crippen molar-refractivity contribution in [3.8, 4) is 11.5 Å². The van der Waals surface area contributed by atoms with Gasteiger partial charge in [-0.15, -0.1) is 0 Å². The topological polar surface area (TPSA) is 38.8 Å². The highest BCUT2D eigenvalue weighted by atomic mass is 19.1. The maximum absolute atomic E-state index is 13.4. The Hall–Kier alpha value is -2.56. The molecule has 0 radical (unpaired) electrons. The van der Waals surface area contributed by atoms with Gasteiger partial charge in [0, 0.05) is 6.07 Å². The summed E-state index contributed by atoms with van der Waals surface area (Å²) in [6, 6.07) is 11.5. The lowest BCUT2D eigenvalue weighted by molar-refractivity contribution is -0.118. The van der Waals surface area contributed by atoms with Crippen LogP contribution in [0.1, 0.15) is 5.56 Å². The van der Waals surface area contributed by atoms with Crippen molar-refractivity contribution in [3.05, 3.63) is 53.8 Å². The fourth-order valence-electron chi connectivity index (χ4n) is 2.46. The lowest BCUT2D eigenvalue weighted by atomic mass is 10.1. The molecule has 0 saturated heterocycles. The number of ether oxygens (including phenoxy) is 2. The molecule has 0 aliphatic carbocycles. The van der Waals surface area contributed by atoms with Crippen LogP contribution in [0.5, 0.6) is 11.5 Å². The molecule has 2 aromatic carbocycles. The van der Waals surface area contributed by atoms with Gasteiger partial charge in [0.15, 0.2) is 0 Å².